The van der Waals surface area contributed by atoms with Crippen molar-refractivity contribution in [2.45, 2.75) is 33.1 Å². The molecule has 6 heteroatoms. The SMILES string of the molecule is CCN(CC(=O)O)C(=O)CCCc1csc(C)n1. The van der Waals surface area contributed by atoms with E-state index >= 15 is 0 Å². The Labute approximate surface area is 110 Å². The van der Waals surface area contributed by atoms with Crippen molar-refractivity contribution in [3.63, 3.8) is 0 Å². The van der Waals surface area contributed by atoms with E-state index in [1.165, 1.54) is 4.90 Å². The molecule has 0 aliphatic heterocycles. The van der Waals surface area contributed by atoms with Crippen LogP contribution in [0.4, 0.5) is 0 Å². The Bertz CT molecular complexity index is 417. The number of carbonyl (C=O) groups excluding carboxylic acids is 1. The first kappa shape index (κ1) is 14.6. The molecular weight excluding hydrogens is 252 g/mol. The van der Waals surface area contributed by atoms with Crippen molar-refractivity contribution in [2.75, 3.05) is 13.1 Å². The second-order valence-corrected chi connectivity index (χ2v) is 5.08. The lowest BCUT2D eigenvalue weighted by molar-refractivity contribution is -0.144. The van der Waals surface area contributed by atoms with Crippen LogP contribution in [0.3, 0.4) is 0 Å². The van der Waals surface area contributed by atoms with E-state index in [1.54, 1.807) is 18.3 Å². The first-order valence-corrected chi connectivity index (χ1v) is 6.81. The van der Waals surface area contributed by atoms with Crippen molar-refractivity contribution in [1.29, 1.82) is 0 Å². The number of hydrogen-bond donors (Lipinski definition) is 1. The van der Waals surface area contributed by atoms with Crippen LogP contribution >= 0.6 is 11.3 Å². The standard InChI is InChI=1S/C12H18N2O3S/c1-3-14(7-12(16)17)11(15)6-4-5-10-8-18-9(2)13-10/h8H,3-7H2,1-2H3,(H,16,17). The highest BCUT2D eigenvalue weighted by atomic mass is 32.1. The Balaban J connectivity index is 2.33. The first-order chi connectivity index (χ1) is 8.52. The second-order valence-electron chi connectivity index (χ2n) is 4.01. The number of hydrogen-bond acceptors (Lipinski definition) is 4. The van der Waals surface area contributed by atoms with E-state index < -0.39 is 5.97 Å². The molecule has 0 fully saturated rings. The van der Waals surface area contributed by atoms with Crippen LogP contribution in [0.5, 0.6) is 0 Å². The predicted octanol–water partition coefficient (Wildman–Crippen LogP) is 1.71. The molecule has 1 N–H and O–H groups in total. The Morgan fingerprint density at radius 1 is 1.50 bits per heavy atom. The molecule has 1 rings (SSSR count). The van der Waals surface area contributed by atoms with Gasteiger partial charge < -0.3 is 10.0 Å². The summed E-state index contributed by atoms with van der Waals surface area (Å²) < 4.78 is 0. The molecule has 0 radical (unpaired) electrons. The fraction of sp³-hybridized carbons (Fsp3) is 0.583. The van der Waals surface area contributed by atoms with E-state index in [2.05, 4.69) is 4.98 Å². The van der Waals surface area contributed by atoms with Gasteiger partial charge in [0.1, 0.15) is 6.54 Å². The van der Waals surface area contributed by atoms with Crippen molar-refractivity contribution < 1.29 is 14.7 Å². The summed E-state index contributed by atoms with van der Waals surface area (Å²) in [5.74, 6) is -1.08. The van der Waals surface area contributed by atoms with Gasteiger partial charge >= 0.3 is 5.97 Å². The number of aromatic nitrogens is 1. The zero-order chi connectivity index (χ0) is 13.5. The summed E-state index contributed by atoms with van der Waals surface area (Å²) in [6.07, 6.45) is 1.84. The van der Waals surface area contributed by atoms with Crippen molar-refractivity contribution in [2.24, 2.45) is 0 Å². The molecule has 1 amide bonds. The normalized spacial score (nSPS) is 10.3. The van der Waals surface area contributed by atoms with E-state index in [0.29, 0.717) is 19.4 Å². The van der Waals surface area contributed by atoms with E-state index in [9.17, 15) is 9.59 Å². The van der Waals surface area contributed by atoms with Gasteiger partial charge in [-0.25, -0.2) is 4.98 Å². The molecule has 0 atom stereocenters. The van der Waals surface area contributed by atoms with Gasteiger partial charge in [0, 0.05) is 18.3 Å². The Hall–Kier alpha value is -1.43. The number of nitrogens with zero attached hydrogens (tertiary/aromatic N) is 2. The highest BCUT2D eigenvalue weighted by Gasteiger charge is 2.14. The summed E-state index contributed by atoms with van der Waals surface area (Å²) in [5, 5.41) is 11.7. The summed E-state index contributed by atoms with van der Waals surface area (Å²) >= 11 is 1.60. The minimum absolute atomic E-state index is 0.105. The summed E-state index contributed by atoms with van der Waals surface area (Å²) in [6.45, 7) is 3.95. The molecule has 1 aromatic heterocycles. The Kier molecular flexibility index (Phi) is 5.77. The number of carboxylic acid groups (broad SMARTS) is 1. The number of aryl methyl sites for hydroxylation is 2. The quantitative estimate of drug-likeness (QED) is 0.818. The predicted molar refractivity (Wildman–Crippen MR) is 69.7 cm³/mol. The highest BCUT2D eigenvalue weighted by molar-refractivity contribution is 7.09. The summed E-state index contributed by atoms with van der Waals surface area (Å²) in [6, 6.07) is 0. The Morgan fingerprint density at radius 3 is 2.72 bits per heavy atom. The van der Waals surface area contributed by atoms with Crippen LogP contribution in [0.25, 0.3) is 0 Å². The van der Waals surface area contributed by atoms with Crippen LogP contribution in [0.15, 0.2) is 5.38 Å². The molecule has 0 aromatic carbocycles. The van der Waals surface area contributed by atoms with E-state index in [-0.39, 0.29) is 12.5 Å². The van der Waals surface area contributed by atoms with Gasteiger partial charge in [0.05, 0.1) is 10.7 Å². The minimum atomic E-state index is -0.972. The smallest absolute Gasteiger partial charge is 0.323 e. The molecule has 0 unspecified atom stereocenters. The fourth-order valence-corrected chi connectivity index (χ4v) is 2.29. The van der Waals surface area contributed by atoms with Crippen molar-refractivity contribution in [1.82, 2.24) is 9.88 Å². The zero-order valence-corrected chi connectivity index (χ0v) is 11.5. The molecule has 5 nitrogen and oxygen atoms in total. The lowest BCUT2D eigenvalue weighted by Crippen LogP contribution is -2.35. The van der Waals surface area contributed by atoms with Gasteiger partial charge in [0.25, 0.3) is 0 Å². The molecule has 18 heavy (non-hydrogen) atoms. The summed E-state index contributed by atoms with van der Waals surface area (Å²) in [7, 11) is 0. The molecule has 0 bridgehead atoms. The minimum Gasteiger partial charge on any atom is -0.480 e. The maximum atomic E-state index is 11.7. The van der Waals surface area contributed by atoms with Gasteiger partial charge in [-0.05, 0) is 26.7 Å². The van der Waals surface area contributed by atoms with Crippen LogP contribution in [0.1, 0.15) is 30.5 Å². The van der Waals surface area contributed by atoms with Crippen molar-refractivity contribution in [3.05, 3.63) is 16.1 Å². The van der Waals surface area contributed by atoms with Crippen LogP contribution in [0, 0.1) is 6.92 Å². The molecule has 100 valence electrons. The monoisotopic (exact) mass is 270 g/mol. The average Bonchev–Trinajstić information content (AvgIpc) is 2.71. The van der Waals surface area contributed by atoms with E-state index in [1.807, 2.05) is 12.3 Å². The molecule has 1 aromatic rings. The molecule has 0 aliphatic rings. The summed E-state index contributed by atoms with van der Waals surface area (Å²) in [5.41, 5.74) is 1.01. The number of rotatable bonds is 7. The highest BCUT2D eigenvalue weighted by Crippen LogP contribution is 2.11. The van der Waals surface area contributed by atoms with Gasteiger partial charge in [-0.2, -0.15) is 0 Å². The lowest BCUT2D eigenvalue weighted by Gasteiger charge is -2.18. The first-order valence-electron chi connectivity index (χ1n) is 5.93. The number of likely N-dealkylation sites (N-methyl/N-ethyl adjacent to an activating group) is 1. The summed E-state index contributed by atoms with van der Waals surface area (Å²) in [4.78, 5) is 28.0. The maximum absolute atomic E-state index is 11.7. The number of carbonyl (C=O) groups is 2. The number of thiazole rings is 1. The third-order valence-electron chi connectivity index (χ3n) is 2.55. The second kappa shape index (κ2) is 7.10. The fourth-order valence-electron chi connectivity index (χ4n) is 1.64. The topological polar surface area (TPSA) is 70.5 Å². The molecule has 1 heterocycles. The van der Waals surface area contributed by atoms with E-state index in [0.717, 1.165) is 17.1 Å². The molecule has 0 aliphatic carbocycles. The van der Waals surface area contributed by atoms with Crippen molar-refractivity contribution >= 4 is 23.2 Å². The van der Waals surface area contributed by atoms with E-state index in [4.69, 9.17) is 5.11 Å². The number of carboxylic acids is 1. The Morgan fingerprint density at radius 2 is 2.22 bits per heavy atom. The average molecular weight is 270 g/mol. The van der Waals surface area contributed by atoms with Gasteiger partial charge in [0.2, 0.25) is 5.91 Å². The van der Waals surface area contributed by atoms with Crippen LogP contribution in [-0.2, 0) is 16.0 Å². The zero-order valence-electron chi connectivity index (χ0n) is 10.7. The number of amides is 1. The molecule has 0 spiro atoms. The maximum Gasteiger partial charge on any atom is 0.323 e. The van der Waals surface area contributed by atoms with Crippen LogP contribution < -0.4 is 0 Å². The van der Waals surface area contributed by atoms with Crippen LogP contribution in [0.2, 0.25) is 0 Å². The van der Waals surface area contributed by atoms with Gasteiger partial charge in [0.15, 0.2) is 0 Å². The van der Waals surface area contributed by atoms with Gasteiger partial charge in [-0.3, -0.25) is 9.59 Å². The third-order valence-corrected chi connectivity index (χ3v) is 3.37. The lowest BCUT2D eigenvalue weighted by atomic mass is 10.2. The van der Waals surface area contributed by atoms with Gasteiger partial charge in [-0.1, -0.05) is 0 Å². The molecule has 0 saturated carbocycles. The van der Waals surface area contributed by atoms with Crippen LogP contribution in [-0.4, -0.2) is 40.0 Å². The van der Waals surface area contributed by atoms with Gasteiger partial charge in [-0.15, -0.1) is 11.3 Å². The van der Waals surface area contributed by atoms with Crippen molar-refractivity contribution in [3.8, 4) is 0 Å². The largest absolute Gasteiger partial charge is 0.480 e. The molecule has 0 saturated heterocycles. The molecular formula is C12H18N2O3S. The number of aliphatic carboxylic acids is 1. The third kappa shape index (κ3) is 4.83.